The van der Waals surface area contributed by atoms with Gasteiger partial charge in [-0.2, -0.15) is 5.10 Å². The molecule has 1 amide bonds. The Kier molecular flexibility index (Phi) is 4.54. The molecule has 96 valence electrons. The van der Waals surface area contributed by atoms with E-state index in [-0.39, 0.29) is 24.4 Å². The second-order valence-electron chi connectivity index (χ2n) is 4.35. The number of rotatable bonds is 1. The molecule has 0 spiro atoms. The lowest BCUT2D eigenvalue weighted by molar-refractivity contribution is 0.0655. The molecule has 0 unspecified atom stereocenters. The van der Waals surface area contributed by atoms with E-state index >= 15 is 0 Å². The van der Waals surface area contributed by atoms with Crippen LogP contribution in [0.15, 0.2) is 6.20 Å². The Balaban J connectivity index is 0.00000144. The van der Waals surface area contributed by atoms with Crippen molar-refractivity contribution >= 4 is 18.3 Å². The second kappa shape index (κ2) is 5.51. The summed E-state index contributed by atoms with van der Waals surface area (Å²) in [6.07, 6.45) is 1.80. The van der Waals surface area contributed by atoms with E-state index in [1.54, 1.807) is 10.9 Å². The van der Waals surface area contributed by atoms with Crippen molar-refractivity contribution in [2.45, 2.75) is 19.9 Å². The minimum atomic E-state index is 0. The van der Waals surface area contributed by atoms with Crippen LogP contribution in [0.4, 0.5) is 0 Å². The topological polar surface area (TPSA) is 50.2 Å². The Labute approximate surface area is 108 Å². The van der Waals surface area contributed by atoms with Crippen LogP contribution >= 0.6 is 12.4 Å². The number of carbonyl (C=O) groups is 1. The van der Waals surface area contributed by atoms with E-state index in [4.69, 9.17) is 0 Å². The average Bonchev–Trinajstić information content (AvgIpc) is 2.58. The molecule has 17 heavy (non-hydrogen) atoms. The van der Waals surface area contributed by atoms with Crippen LogP contribution in [-0.4, -0.2) is 46.3 Å². The standard InChI is InChI=1S/C11H18N4O.ClH/c1-8-6-12-4-5-15(8)11(16)10-7-14(3)13-9(10)2;/h7-8,12H,4-6H2,1-3H3;1H/t8-;/m1./s1. The molecule has 1 aromatic heterocycles. The van der Waals surface area contributed by atoms with Gasteiger partial charge in [0.2, 0.25) is 0 Å². The molecule has 2 rings (SSSR count). The maximum atomic E-state index is 12.3. The van der Waals surface area contributed by atoms with Crippen molar-refractivity contribution < 1.29 is 4.79 Å². The minimum Gasteiger partial charge on any atom is -0.333 e. The number of piperazine rings is 1. The fraction of sp³-hybridized carbons (Fsp3) is 0.636. The normalized spacial score (nSPS) is 19.9. The number of nitrogens with one attached hydrogen (secondary N) is 1. The van der Waals surface area contributed by atoms with Crippen molar-refractivity contribution in [2.24, 2.45) is 7.05 Å². The molecule has 2 heterocycles. The third-order valence-corrected chi connectivity index (χ3v) is 3.01. The maximum Gasteiger partial charge on any atom is 0.257 e. The molecule has 1 N–H and O–H groups in total. The van der Waals surface area contributed by atoms with Gasteiger partial charge in [-0.3, -0.25) is 9.48 Å². The van der Waals surface area contributed by atoms with Crippen LogP contribution in [0.3, 0.4) is 0 Å². The van der Waals surface area contributed by atoms with Gasteiger partial charge in [0.1, 0.15) is 0 Å². The van der Waals surface area contributed by atoms with E-state index in [1.165, 1.54) is 0 Å². The maximum absolute atomic E-state index is 12.3. The van der Waals surface area contributed by atoms with E-state index in [0.29, 0.717) is 0 Å². The highest BCUT2D eigenvalue weighted by Gasteiger charge is 2.26. The third-order valence-electron chi connectivity index (χ3n) is 3.01. The minimum absolute atomic E-state index is 0. The van der Waals surface area contributed by atoms with Crippen LogP contribution in [0.25, 0.3) is 0 Å². The van der Waals surface area contributed by atoms with Crippen LogP contribution in [0, 0.1) is 6.92 Å². The first-order valence-corrected chi connectivity index (χ1v) is 5.61. The van der Waals surface area contributed by atoms with Crippen LogP contribution in [0.2, 0.25) is 0 Å². The summed E-state index contributed by atoms with van der Waals surface area (Å²) in [6, 6.07) is 0.251. The highest BCUT2D eigenvalue weighted by molar-refractivity contribution is 5.95. The Bertz CT molecular complexity index is 404. The SMILES string of the molecule is Cc1nn(C)cc1C(=O)N1CCNC[C@H]1C.Cl. The van der Waals surface area contributed by atoms with Gasteiger partial charge in [0, 0.05) is 38.9 Å². The van der Waals surface area contributed by atoms with Gasteiger partial charge in [-0.15, -0.1) is 12.4 Å². The molecule has 1 saturated heterocycles. The number of aromatic nitrogens is 2. The van der Waals surface area contributed by atoms with Gasteiger partial charge in [-0.05, 0) is 13.8 Å². The zero-order chi connectivity index (χ0) is 11.7. The first-order chi connectivity index (χ1) is 7.59. The van der Waals surface area contributed by atoms with Gasteiger partial charge in [0.25, 0.3) is 5.91 Å². The molecule has 1 aromatic rings. The fourth-order valence-electron chi connectivity index (χ4n) is 2.11. The number of nitrogens with zero attached hydrogens (tertiary/aromatic N) is 3. The van der Waals surface area contributed by atoms with Crippen LogP contribution in [0.1, 0.15) is 23.0 Å². The summed E-state index contributed by atoms with van der Waals surface area (Å²) in [7, 11) is 1.84. The third kappa shape index (κ3) is 2.79. The van der Waals surface area contributed by atoms with Crippen molar-refractivity contribution in [3.05, 3.63) is 17.5 Å². The summed E-state index contributed by atoms with van der Waals surface area (Å²) in [5.41, 5.74) is 1.52. The predicted molar refractivity (Wildman–Crippen MR) is 68.6 cm³/mol. The molecule has 0 bridgehead atoms. The summed E-state index contributed by atoms with van der Waals surface area (Å²) >= 11 is 0. The average molecular weight is 259 g/mol. The molecule has 5 nitrogen and oxygen atoms in total. The smallest absolute Gasteiger partial charge is 0.257 e. The van der Waals surface area contributed by atoms with E-state index in [1.807, 2.05) is 18.9 Å². The summed E-state index contributed by atoms with van der Waals surface area (Å²) < 4.78 is 1.69. The number of hydrogen-bond acceptors (Lipinski definition) is 3. The molecule has 6 heteroatoms. The molecule has 1 fully saturated rings. The van der Waals surface area contributed by atoms with Crippen molar-refractivity contribution in [3.8, 4) is 0 Å². The molecule has 0 aliphatic carbocycles. The molecule has 0 radical (unpaired) electrons. The number of halogens is 1. The summed E-state index contributed by atoms with van der Waals surface area (Å²) in [5.74, 6) is 0.0969. The van der Waals surface area contributed by atoms with E-state index in [0.717, 1.165) is 30.9 Å². The van der Waals surface area contributed by atoms with Gasteiger partial charge < -0.3 is 10.2 Å². The van der Waals surface area contributed by atoms with E-state index < -0.39 is 0 Å². The fourth-order valence-corrected chi connectivity index (χ4v) is 2.11. The first kappa shape index (κ1) is 14.0. The molecular formula is C11H19ClN4O. The Morgan fingerprint density at radius 1 is 1.59 bits per heavy atom. The molecular weight excluding hydrogens is 240 g/mol. The molecule has 0 aromatic carbocycles. The van der Waals surface area contributed by atoms with Crippen LogP contribution < -0.4 is 5.32 Å². The lowest BCUT2D eigenvalue weighted by Crippen LogP contribution is -2.52. The van der Waals surface area contributed by atoms with Gasteiger partial charge in [0.15, 0.2) is 0 Å². The van der Waals surface area contributed by atoms with Crippen LogP contribution in [0.5, 0.6) is 0 Å². The Hall–Kier alpha value is -1.07. The largest absolute Gasteiger partial charge is 0.333 e. The Morgan fingerprint density at radius 2 is 2.29 bits per heavy atom. The van der Waals surface area contributed by atoms with E-state index in [2.05, 4.69) is 17.3 Å². The van der Waals surface area contributed by atoms with Gasteiger partial charge in [0.05, 0.1) is 11.3 Å². The van der Waals surface area contributed by atoms with Crippen LogP contribution in [-0.2, 0) is 7.05 Å². The quantitative estimate of drug-likeness (QED) is 0.802. The highest BCUT2D eigenvalue weighted by Crippen LogP contribution is 2.12. The van der Waals surface area contributed by atoms with Crippen molar-refractivity contribution in [1.29, 1.82) is 0 Å². The molecule has 1 aliphatic heterocycles. The predicted octanol–water partition coefficient (Wildman–Crippen LogP) is 0.584. The first-order valence-electron chi connectivity index (χ1n) is 5.61. The lowest BCUT2D eigenvalue weighted by atomic mass is 10.1. The van der Waals surface area contributed by atoms with Crippen molar-refractivity contribution in [2.75, 3.05) is 19.6 Å². The summed E-state index contributed by atoms with van der Waals surface area (Å²) in [6.45, 7) is 6.45. The molecule has 1 aliphatic rings. The highest BCUT2D eigenvalue weighted by atomic mass is 35.5. The summed E-state index contributed by atoms with van der Waals surface area (Å²) in [5, 5.41) is 7.48. The molecule has 1 atom stereocenters. The zero-order valence-corrected chi connectivity index (χ0v) is 11.3. The molecule has 0 saturated carbocycles. The van der Waals surface area contributed by atoms with E-state index in [9.17, 15) is 4.79 Å². The van der Waals surface area contributed by atoms with Gasteiger partial charge in [-0.1, -0.05) is 0 Å². The number of aryl methyl sites for hydroxylation is 2. The van der Waals surface area contributed by atoms with Crippen molar-refractivity contribution in [3.63, 3.8) is 0 Å². The number of carbonyl (C=O) groups excluding carboxylic acids is 1. The monoisotopic (exact) mass is 258 g/mol. The Morgan fingerprint density at radius 3 is 2.82 bits per heavy atom. The lowest BCUT2D eigenvalue weighted by Gasteiger charge is -2.33. The van der Waals surface area contributed by atoms with Crippen molar-refractivity contribution in [1.82, 2.24) is 20.0 Å². The number of amides is 1. The summed E-state index contributed by atoms with van der Waals surface area (Å²) in [4.78, 5) is 14.2. The van der Waals surface area contributed by atoms with Gasteiger partial charge in [-0.25, -0.2) is 0 Å². The van der Waals surface area contributed by atoms with Gasteiger partial charge >= 0.3 is 0 Å². The number of hydrogen-bond donors (Lipinski definition) is 1. The zero-order valence-electron chi connectivity index (χ0n) is 10.4. The second-order valence-corrected chi connectivity index (χ2v) is 4.35.